The fourth-order valence-corrected chi connectivity index (χ4v) is 2.87. The van der Waals surface area contributed by atoms with Crippen LogP contribution in [0.2, 0.25) is 0 Å². The van der Waals surface area contributed by atoms with Crippen LogP contribution in [0.25, 0.3) is 5.57 Å². The molecule has 0 saturated heterocycles. The molecular weight excluding hydrogens is 330 g/mol. The maximum absolute atomic E-state index is 14.0. The van der Waals surface area contributed by atoms with Crippen LogP contribution in [0.5, 0.6) is 0 Å². The van der Waals surface area contributed by atoms with Crippen molar-refractivity contribution in [3.05, 3.63) is 75.7 Å². The van der Waals surface area contributed by atoms with E-state index in [-0.39, 0.29) is 23.3 Å². The van der Waals surface area contributed by atoms with Gasteiger partial charge in [0.05, 0.1) is 18.2 Å². The van der Waals surface area contributed by atoms with Crippen LogP contribution in [0.15, 0.2) is 47.3 Å². The highest BCUT2D eigenvalue weighted by atomic mass is 19.1. The van der Waals surface area contributed by atoms with E-state index in [2.05, 4.69) is 5.32 Å². The van der Waals surface area contributed by atoms with E-state index in [1.54, 1.807) is 0 Å². The second-order valence-electron chi connectivity index (χ2n) is 5.68. The van der Waals surface area contributed by atoms with E-state index in [9.17, 15) is 23.2 Å². The molecule has 1 N–H and O–H groups in total. The zero-order valence-electron chi connectivity index (χ0n) is 13.3. The van der Waals surface area contributed by atoms with Gasteiger partial charge in [0, 0.05) is 18.6 Å². The summed E-state index contributed by atoms with van der Waals surface area (Å²) < 4.78 is 28.4. The molecule has 1 aliphatic rings. The smallest absolute Gasteiger partial charge is 0.257 e. The van der Waals surface area contributed by atoms with E-state index < -0.39 is 35.0 Å². The van der Waals surface area contributed by atoms with E-state index in [1.165, 1.54) is 31.2 Å². The lowest BCUT2D eigenvalue weighted by Gasteiger charge is -2.25. The summed E-state index contributed by atoms with van der Waals surface area (Å²) in [6, 6.07) is 6.40. The van der Waals surface area contributed by atoms with E-state index in [4.69, 9.17) is 0 Å². The minimum absolute atomic E-state index is 0.0208. The average Bonchev–Trinajstić information content (AvgIpc) is 2.56. The van der Waals surface area contributed by atoms with Crippen molar-refractivity contribution in [2.75, 3.05) is 0 Å². The lowest BCUT2D eigenvalue weighted by Crippen LogP contribution is -2.36. The SMILES string of the molecule is CC(=O)n1c(C2C=C(c3cc(F)ccc3F)CC(=O)N2)cccc1=O. The van der Waals surface area contributed by atoms with E-state index in [1.807, 2.05) is 0 Å². The molecule has 2 heterocycles. The van der Waals surface area contributed by atoms with Gasteiger partial charge in [0.15, 0.2) is 0 Å². The highest BCUT2D eigenvalue weighted by Gasteiger charge is 2.25. The van der Waals surface area contributed by atoms with Gasteiger partial charge in [-0.05, 0) is 29.8 Å². The third-order valence-electron chi connectivity index (χ3n) is 3.93. The summed E-state index contributed by atoms with van der Waals surface area (Å²) in [6.45, 7) is 1.23. The molecule has 3 rings (SSSR count). The van der Waals surface area contributed by atoms with E-state index >= 15 is 0 Å². The Morgan fingerprint density at radius 2 is 1.96 bits per heavy atom. The number of benzene rings is 1. The zero-order chi connectivity index (χ0) is 18.1. The molecule has 0 saturated carbocycles. The minimum Gasteiger partial charge on any atom is -0.344 e. The normalized spacial score (nSPS) is 17.0. The van der Waals surface area contributed by atoms with Gasteiger partial charge in [-0.2, -0.15) is 0 Å². The lowest BCUT2D eigenvalue weighted by atomic mass is 9.94. The second-order valence-corrected chi connectivity index (χ2v) is 5.68. The van der Waals surface area contributed by atoms with Gasteiger partial charge in [0.25, 0.3) is 5.56 Å². The molecule has 0 bridgehead atoms. The van der Waals surface area contributed by atoms with Crippen molar-refractivity contribution in [3.63, 3.8) is 0 Å². The van der Waals surface area contributed by atoms with E-state index in [0.717, 1.165) is 22.8 Å². The van der Waals surface area contributed by atoms with Crippen LogP contribution in [0.1, 0.15) is 35.4 Å². The largest absolute Gasteiger partial charge is 0.344 e. The number of hydrogen-bond donors (Lipinski definition) is 1. The van der Waals surface area contributed by atoms with Crippen molar-refractivity contribution in [1.29, 1.82) is 0 Å². The van der Waals surface area contributed by atoms with Crippen molar-refractivity contribution >= 4 is 17.4 Å². The Morgan fingerprint density at radius 1 is 1.20 bits per heavy atom. The van der Waals surface area contributed by atoms with Crippen molar-refractivity contribution < 1.29 is 18.4 Å². The fourth-order valence-electron chi connectivity index (χ4n) is 2.87. The molecule has 1 aromatic carbocycles. The summed E-state index contributed by atoms with van der Waals surface area (Å²) >= 11 is 0. The highest BCUT2D eigenvalue weighted by molar-refractivity contribution is 5.92. The molecule has 1 aliphatic heterocycles. The first kappa shape index (κ1) is 16.8. The Labute approximate surface area is 141 Å². The summed E-state index contributed by atoms with van der Waals surface area (Å²) in [7, 11) is 0. The molecular formula is C18H14F2N2O3. The van der Waals surface area contributed by atoms with Gasteiger partial charge in [-0.3, -0.25) is 14.4 Å². The van der Waals surface area contributed by atoms with E-state index in [0.29, 0.717) is 0 Å². The number of nitrogens with one attached hydrogen (secondary N) is 1. The Hall–Kier alpha value is -3.09. The number of carbonyl (C=O) groups is 2. The molecule has 7 heteroatoms. The molecule has 2 aromatic rings. The van der Waals surface area contributed by atoms with Crippen LogP contribution in [-0.2, 0) is 4.79 Å². The Morgan fingerprint density at radius 3 is 2.68 bits per heavy atom. The highest BCUT2D eigenvalue weighted by Crippen LogP contribution is 2.29. The Kier molecular flexibility index (Phi) is 4.31. The number of rotatable bonds is 2. The van der Waals surface area contributed by atoms with Crippen LogP contribution < -0.4 is 10.9 Å². The van der Waals surface area contributed by atoms with Crippen LogP contribution >= 0.6 is 0 Å². The number of hydrogen-bond acceptors (Lipinski definition) is 3. The van der Waals surface area contributed by atoms with Gasteiger partial charge in [0.2, 0.25) is 11.8 Å². The molecule has 5 nitrogen and oxygen atoms in total. The van der Waals surface area contributed by atoms with Gasteiger partial charge < -0.3 is 5.32 Å². The molecule has 1 atom stereocenters. The predicted octanol–water partition coefficient (Wildman–Crippen LogP) is 2.43. The molecule has 0 spiro atoms. The molecule has 0 radical (unpaired) electrons. The summed E-state index contributed by atoms with van der Waals surface area (Å²) in [4.78, 5) is 35.8. The quantitative estimate of drug-likeness (QED) is 0.910. The first-order chi connectivity index (χ1) is 11.9. The molecule has 128 valence electrons. The van der Waals surface area contributed by atoms with Gasteiger partial charge in [0.1, 0.15) is 11.6 Å². The van der Waals surface area contributed by atoms with Crippen LogP contribution in [0.3, 0.4) is 0 Å². The monoisotopic (exact) mass is 344 g/mol. The zero-order valence-corrected chi connectivity index (χ0v) is 13.3. The van der Waals surface area contributed by atoms with Crippen molar-refractivity contribution in [2.24, 2.45) is 0 Å². The average molecular weight is 344 g/mol. The number of aromatic nitrogens is 1. The van der Waals surface area contributed by atoms with Crippen LogP contribution in [-0.4, -0.2) is 16.4 Å². The molecule has 1 unspecified atom stereocenters. The van der Waals surface area contributed by atoms with Gasteiger partial charge in [-0.15, -0.1) is 0 Å². The summed E-state index contributed by atoms with van der Waals surface area (Å²) in [5.74, 6) is -2.21. The maximum Gasteiger partial charge on any atom is 0.257 e. The van der Waals surface area contributed by atoms with Crippen molar-refractivity contribution in [3.8, 4) is 0 Å². The summed E-state index contributed by atoms with van der Waals surface area (Å²) in [6.07, 6.45) is 1.39. The van der Waals surface area contributed by atoms with Gasteiger partial charge in [-0.1, -0.05) is 12.1 Å². The number of halogens is 2. The molecule has 1 amide bonds. The third kappa shape index (κ3) is 3.26. The van der Waals surface area contributed by atoms with Gasteiger partial charge in [-0.25, -0.2) is 13.3 Å². The first-order valence-electron chi connectivity index (χ1n) is 7.55. The topological polar surface area (TPSA) is 68.2 Å². The predicted molar refractivity (Wildman–Crippen MR) is 86.8 cm³/mol. The lowest BCUT2D eigenvalue weighted by molar-refractivity contribution is -0.120. The van der Waals surface area contributed by atoms with Crippen molar-refractivity contribution in [2.45, 2.75) is 19.4 Å². The molecule has 25 heavy (non-hydrogen) atoms. The number of pyridine rings is 1. The van der Waals surface area contributed by atoms with Gasteiger partial charge >= 0.3 is 0 Å². The first-order valence-corrected chi connectivity index (χ1v) is 7.55. The number of carbonyl (C=O) groups excluding carboxylic acids is 2. The fraction of sp³-hybridized carbons (Fsp3) is 0.167. The third-order valence-corrected chi connectivity index (χ3v) is 3.93. The number of nitrogens with zero attached hydrogens (tertiary/aromatic N) is 1. The number of amides is 1. The standard InChI is InChI=1S/C18H14F2N2O3/c1-10(23)22-16(3-2-4-18(22)25)15-7-11(8-17(24)21-15)13-9-12(19)5-6-14(13)20/h2-7,9,15H,8H2,1H3,(H,21,24). The second kappa shape index (κ2) is 6.43. The molecule has 1 aromatic heterocycles. The van der Waals surface area contributed by atoms with Crippen LogP contribution in [0.4, 0.5) is 8.78 Å². The van der Waals surface area contributed by atoms with Crippen LogP contribution in [0, 0.1) is 11.6 Å². The Balaban J connectivity index is 2.14. The Bertz CT molecular complexity index is 963. The minimum atomic E-state index is -0.809. The summed E-state index contributed by atoms with van der Waals surface area (Å²) in [5.41, 5.74) is -0.0104. The maximum atomic E-state index is 14.0. The molecule has 0 fully saturated rings. The van der Waals surface area contributed by atoms with Crippen molar-refractivity contribution in [1.82, 2.24) is 9.88 Å². The summed E-state index contributed by atoms with van der Waals surface area (Å²) in [5, 5.41) is 2.65. The molecule has 0 aliphatic carbocycles.